The summed E-state index contributed by atoms with van der Waals surface area (Å²) in [7, 11) is 0. The van der Waals surface area contributed by atoms with Crippen molar-refractivity contribution in [2.45, 2.75) is 0 Å². The quantitative estimate of drug-likeness (QED) is 0.320. The third-order valence-electron chi connectivity index (χ3n) is 4.12. The predicted octanol–water partition coefficient (Wildman–Crippen LogP) is 2.39. The van der Waals surface area contributed by atoms with Gasteiger partial charge in [0, 0.05) is 16.7 Å². The molecular weight excluding hydrogens is 412 g/mol. The van der Waals surface area contributed by atoms with Gasteiger partial charge in [0.05, 0.1) is 12.4 Å². The number of carbonyl (C=O) groups is 2. The highest BCUT2D eigenvalue weighted by Gasteiger charge is 2.06. The van der Waals surface area contributed by atoms with E-state index in [2.05, 4.69) is 21.1 Å². The van der Waals surface area contributed by atoms with Gasteiger partial charge in [-0.3, -0.25) is 9.59 Å². The molecule has 0 aliphatic rings. The number of nitrogens with zero attached hydrogens (tertiary/aromatic N) is 2. The van der Waals surface area contributed by atoms with Crippen LogP contribution in [0.2, 0.25) is 0 Å². The van der Waals surface area contributed by atoms with Crippen molar-refractivity contribution in [1.82, 2.24) is 10.9 Å². The predicted molar refractivity (Wildman–Crippen MR) is 119 cm³/mol. The summed E-state index contributed by atoms with van der Waals surface area (Å²) in [5.41, 5.74) is 5.93. The fraction of sp³-hybridized carbons (Fsp3) is 0.0435. The summed E-state index contributed by atoms with van der Waals surface area (Å²) >= 11 is 0. The van der Waals surface area contributed by atoms with E-state index in [1.54, 1.807) is 48.5 Å². The number of hydrogen-bond donors (Lipinski definition) is 4. The number of rotatable bonds is 8. The van der Waals surface area contributed by atoms with E-state index >= 15 is 0 Å². The number of aromatic hydroxyl groups is 2. The standard InChI is InChI=1S/C23H20N4O5/c28-20-7-3-1-5-17(20)13-24-26-22(30)15-32-19-11-9-16(10-12-19)23(31)27-25-14-18-6-2-4-8-21(18)29/h1-14,28-29H,15H2,(H,26,30)(H,27,31)/b24-13-,25-14-. The van der Waals surface area contributed by atoms with Crippen LogP contribution in [0.1, 0.15) is 21.5 Å². The van der Waals surface area contributed by atoms with E-state index in [4.69, 9.17) is 4.74 Å². The lowest BCUT2D eigenvalue weighted by molar-refractivity contribution is -0.123. The lowest BCUT2D eigenvalue weighted by Gasteiger charge is -2.06. The van der Waals surface area contributed by atoms with Crippen molar-refractivity contribution in [2.24, 2.45) is 10.2 Å². The van der Waals surface area contributed by atoms with E-state index in [1.807, 2.05) is 0 Å². The molecule has 0 saturated carbocycles. The maximum Gasteiger partial charge on any atom is 0.277 e. The summed E-state index contributed by atoms with van der Waals surface area (Å²) in [5, 5.41) is 26.9. The highest BCUT2D eigenvalue weighted by molar-refractivity contribution is 5.95. The maximum atomic E-state index is 12.1. The molecule has 0 fully saturated rings. The van der Waals surface area contributed by atoms with E-state index in [0.29, 0.717) is 22.4 Å². The van der Waals surface area contributed by atoms with Gasteiger partial charge in [0.25, 0.3) is 11.8 Å². The van der Waals surface area contributed by atoms with Gasteiger partial charge in [-0.25, -0.2) is 10.9 Å². The Morgan fingerprint density at radius 3 is 1.88 bits per heavy atom. The molecule has 0 aromatic heterocycles. The van der Waals surface area contributed by atoms with Crippen molar-refractivity contribution in [3.05, 3.63) is 89.5 Å². The van der Waals surface area contributed by atoms with Crippen LogP contribution in [0.15, 0.2) is 83.0 Å². The molecule has 3 rings (SSSR count). The Balaban J connectivity index is 1.45. The zero-order valence-corrected chi connectivity index (χ0v) is 16.8. The average molecular weight is 432 g/mol. The van der Waals surface area contributed by atoms with E-state index in [1.165, 1.54) is 36.7 Å². The largest absolute Gasteiger partial charge is 0.507 e. The van der Waals surface area contributed by atoms with Crippen LogP contribution >= 0.6 is 0 Å². The Labute approximate surface area is 183 Å². The second kappa shape index (κ2) is 10.9. The Morgan fingerprint density at radius 1 is 0.781 bits per heavy atom. The Morgan fingerprint density at radius 2 is 1.31 bits per heavy atom. The van der Waals surface area contributed by atoms with Crippen LogP contribution in [0.3, 0.4) is 0 Å². The second-order valence-corrected chi connectivity index (χ2v) is 6.42. The summed E-state index contributed by atoms with van der Waals surface area (Å²) in [6.07, 6.45) is 2.66. The number of benzene rings is 3. The number of hydrazone groups is 2. The minimum atomic E-state index is -0.489. The molecule has 0 saturated heterocycles. The normalized spacial score (nSPS) is 10.9. The van der Waals surface area contributed by atoms with Crippen molar-refractivity contribution in [1.29, 1.82) is 0 Å². The van der Waals surface area contributed by atoms with E-state index in [-0.39, 0.29) is 18.1 Å². The lowest BCUT2D eigenvalue weighted by Crippen LogP contribution is -2.24. The number of hydrogen-bond acceptors (Lipinski definition) is 7. The summed E-state index contributed by atoms with van der Waals surface area (Å²) in [6, 6.07) is 19.3. The fourth-order valence-corrected chi connectivity index (χ4v) is 2.48. The summed E-state index contributed by atoms with van der Waals surface area (Å²) in [4.78, 5) is 23.9. The SMILES string of the molecule is O=C(COc1ccc(C(=O)N/N=C\c2ccccc2O)cc1)N/N=C\c1ccccc1O. The van der Waals surface area contributed by atoms with Crippen LogP contribution in [0, 0.1) is 0 Å². The van der Waals surface area contributed by atoms with E-state index < -0.39 is 11.8 Å². The minimum absolute atomic E-state index is 0.0507. The van der Waals surface area contributed by atoms with E-state index in [9.17, 15) is 19.8 Å². The van der Waals surface area contributed by atoms with Gasteiger partial charge < -0.3 is 14.9 Å². The number of ether oxygens (including phenoxy) is 1. The minimum Gasteiger partial charge on any atom is -0.507 e. The van der Waals surface area contributed by atoms with Gasteiger partial charge >= 0.3 is 0 Å². The third-order valence-corrected chi connectivity index (χ3v) is 4.12. The molecule has 4 N–H and O–H groups in total. The number of amides is 2. The molecule has 0 heterocycles. The number of para-hydroxylation sites is 2. The van der Waals surface area contributed by atoms with Crippen molar-refractivity contribution < 1.29 is 24.5 Å². The molecule has 9 heteroatoms. The fourth-order valence-electron chi connectivity index (χ4n) is 2.48. The molecule has 3 aromatic carbocycles. The van der Waals surface area contributed by atoms with Crippen molar-refractivity contribution in [3.63, 3.8) is 0 Å². The number of nitrogens with one attached hydrogen (secondary N) is 2. The zero-order valence-electron chi connectivity index (χ0n) is 16.8. The molecule has 3 aromatic rings. The van der Waals surface area contributed by atoms with Crippen molar-refractivity contribution in [2.75, 3.05) is 6.61 Å². The number of phenolic OH excluding ortho intramolecular Hbond substituents is 2. The summed E-state index contributed by atoms with van der Waals surface area (Å²) in [6.45, 7) is -0.283. The molecule has 0 aliphatic heterocycles. The van der Waals surface area contributed by atoms with Crippen LogP contribution in [0.5, 0.6) is 17.2 Å². The maximum absolute atomic E-state index is 12.1. The molecular formula is C23H20N4O5. The molecule has 2 amide bonds. The van der Waals surface area contributed by atoms with Gasteiger partial charge in [-0.15, -0.1) is 0 Å². The van der Waals surface area contributed by atoms with Gasteiger partial charge in [0.1, 0.15) is 17.2 Å². The van der Waals surface area contributed by atoms with Crippen LogP contribution in [-0.2, 0) is 4.79 Å². The second-order valence-electron chi connectivity index (χ2n) is 6.42. The molecule has 32 heavy (non-hydrogen) atoms. The van der Waals surface area contributed by atoms with E-state index in [0.717, 1.165) is 0 Å². The molecule has 9 nitrogen and oxygen atoms in total. The van der Waals surface area contributed by atoms with Gasteiger partial charge in [-0.2, -0.15) is 10.2 Å². The summed E-state index contributed by atoms with van der Waals surface area (Å²) < 4.78 is 5.36. The highest BCUT2D eigenvalue weighted by atomic mass is 16.5. The Hall–Kier alpha value is -4.66. The zero-order chi connectivity index (χ0) is 22.8. The molecule has 0 spiro atoms. The molecule has 162 valence electrons. The molecule has 0 radical (unpaired) electrons. The van der Waals surface area contributed by atoms with Gasteiger partial charge in [-0.05, 0) is 48.5 Å². The van der Waals surface area contributed by atoms with Crippen LogP contribution in [-0.4, -0.2) is 41.1 Å². The molecule has 0 atom stereocenters. The lowest BCUT2D eigenvalue weighted by atomic mass is 10.2. The Bertz CT molecular complexity index is 1140. The summed E-state index contributed by atoms with van der Waals surface area (Å²) in [5.74, 6) is -0.440. The average Bonchev–Trinajstić information content (AvgIpc) is 2.80. The molecule has 0 unspecified atom stereocenters. The molecule has 0 bridgehead atoms. The molecule has 0 aliphatic carbocycles. The first-order valence-electron chi connectivity index (χ1n) is 9.47. The van der Waals surface area contributed by atoms with Gasteiger partial charge in [0.2, 0.25) is 0 Å². The first kappa shape index (κ1) is 22.0. The van der Waals surface area contributed by atoms with Crippen LogP contribution in [0.25, 0.3) is 0 Å². The smallest absolute Gasteiger partial charge is 0.277 e. The highest BCUT2D eigenvalue weighted by Crippen LogP contribution is 2.14. The van der Waals surface area contributed by atoms with Crippen molar-refractivity contribution in [3.8, 4) is 17.2 Å². The van der Waals surface area contributed by atoms with Crippen LogP contribution < -0.4 is 15.6 Å². The third kappa shape index (κ3) is 6.42. The van der Waals surface area contributed by atoms with Gasteiger partial charge in [-0.1, -0.05) is 24.3 Å². The first-order valence-corrected chi connectivity index (χ1v) is 9.47. The Kier molecular flexibility index (Phi) is 7.53. The van der Waals surface area contributed by atoms with Crippen LogP contribution in [0.4, 0.5) is 0 Å². The van der Waals surface area contributed by atoms with Crippen molar-refractivity contribution >= 4 is 24.2 Å². The number of phenols is 2. The monoisotopic (exact) mass is 432 g/mol. The number of carbonyl (C=O) groups excluding carboxylic acids is 2. The van der Waals surface area contributed by atoms with Gasteiger partial charge in [0.15, 0.2) is 6.61 Å². The topological polar surface area (TPSA) is 133 Å². The first-order chi connectivity index (χ1) is 15.5.